The van der Waals surface area contributed by atoms with Crippen molar-refractivity contribution in [3.05, 3.63) is 29.3 Å². The zero-order chi connectivity index (χ0) is 12.8. The first-order chi connectivity index (χ1) is 7.79. The van der Waals surface area contributed by atoms with Gasteiger partial charge in [0.15, 0.2) is 0 Å². The highest BCUT2D eigenvalue weighted by molar-refractivity contribution is 6.21. The summed E-state index contributed by atoms with van der Waals surface area (Å²) in [7, 11) is 0. The van der Waals surface area contributed by atoms with Crippen LogP contribution in [0.4, 0.5) is 18.9 Å². The number of alkyl halides is 3. The van der Waals surface area contributed by atoms with Crippen LogP contribution in [0.1, 0.15) is 20.7 Å². The van der Waals surface area contributed by atoms with E-state index in [-0.39, 0.29) is 21.7 Å². The lowest BCUT2D eigenvalue weighted by Crippen LogP contribution is -2.38. The van der Waals surface area contributed by atoms with Crippen molar-refractivity contribution in [2.45, 2.75) is 6.18 Å². The van der Waals surface area contributed by atoms with Crippen LogP contribution in [0.5, 0.6) is 0 Å². The predicted octanol–water partition coefficient (Wildman–Crippen LogP) is 1.43. The van der Waals surface area contributed by atoms with Crippen LogP contribution in [0, 0.1) is 0 Å². The van der Waals surface area contributed by atoms with Crippen molar-refractivity contribution >= 4 is 17.5 Å². The van der Waals surface area contributed by atoms with Gasteiger partial charge in [-0.1, -0.05) is 0 Å². The number of imide groups is 1. The van der Waals surface area contributed by atoms with Crippen molar-refractivity contribution in [3.63, 3.8) is 0 Å². The Balaban J connectivity index is 2.39. The van der Waals surface area contributed by atoms with Gasteiger partial charge >= 0.3 is 6.18 Å². The van der Waals surface area contributed by atoms with Crippen molar-refractivity contribution in [2.24, 2.45) is 0 Å². The standard InChI is InChI=1S/C10H7F3N2O2/c11-10(12,13)4-15-8(16)6-2-1-5(14)3-7(6)9(15)17/h1-3H,4,14H2. The van der Waals surface area contributed by atoms with Gasteiger partial charge in [0.05, 0.1) is 11.1 Å². The van der Waals surface area contributed by atoms with E-state index in [0.29, 0.717) is 0 Å². The summed E-state index contributed by atoms with van der Waals surface area (Å²) in [6.45, 7) is -1.58. The van der Waals surface area contributed by atoms with Gasteiger partial charge in [0.2, 0.25) is 0 Å². The lowest BCUT2D eigenvalue weighted by molar-refractivity contribution is -0.136. The maximum absolute atomic E-state index is 12.2. The number of nitrogens with zero attached hydrogens (tertiary/aromatic N) is 1. The number of nitrogens with two attached hydrogens (primary N) is 1. The molecule has 1 heterocycles. The maximum Gasteiger partial charge on any atom is 0.406 e. The molecule has 0 aliphatic carbocycles. The topological polar surface area (TPSA) is 63.4 Å². The largest absolute Gasteiger partial charge is 0.406 e. The normalized spacial score (nSPS) is 15.4. The molecule has 0 saturated heterocycles. The smallest absolute Gasteiger partial charge is 0.399 e. The summed E-state index contributed by atoms with van der Waals surface area (Å²) >= 11 is 0. The molecule has 0 unspecified atom stereocenters. The molecule has 0 aromatic heterocycles. The van der Waals surface area contributed by atoms with E-state index >= 15 is 0 Å². The first-order valence-electron chi connectivity index (χ1n) is 4.62. The Morgan fingerprint density at radius 3 is 2.29 bits per heavy atom. The molecule has 17 heavy (non-hydrogen) atoms. The Bertz CT molecular complexity index is 511. The number of anilines is 1. The number of benzene rings is 1. The number of carbonyl (C=O) groups is 2. The number of nitrogen functional groups attached to an aromatic ring is 1. The van der Waals surface area contributed by atoms with Crippen LogP contribution in [-0.2, 0) is 0 Å². The van der Waals surface area contributed by atoms with Gasteiger partial charge in [-0.15, -0.1) is 0 Å². The molecular formula is C10H7F3N2O2. The van der Waals surface area contributed by atoms with Gasteiger partial charge in [-0.05, 0) is 18.2 Å². The molecule has 1 aliphatic rings. The Morgan fingerprint density at radius 2 is 1.71 bits per heavy atom. The van der Waals surface area contributed by atoms with Gasteiger partial charge < -0.3 is 5.73 Å². The molecule has 1 aliphatic heterocycles. The first-order valence-corrected chi connectivity index (χ1v) is 4.62. The van der Waals surface area contributed by atoms with Crippen LogP contribution in [0.2, 0.25) is 0 Å². The number of fused-ring (bicyclic) bond motifs is 1. The molecule has 0 radical (unpaired) electrons. The molecule has 0 spiro atoms. The average molecular weight is 244 g/mol. The van der Waals surface area contributed by atoms with E-state index in [4.69, 9.17) is 5.73 Å². The van der Waals surface area contributed by atoms with Gasteiger partial charge in [0, 0.05) is 5.69 Å². The molecule has 4 nitrogen and oxygen atoms in total. The van der Waals surface area contributed by atoms with Crippen LogP contribution in [0.15, 0.2) is 18.2 Å². The van der Waals surface area contributed by atoms with Crippen molar-refractivity contribution < 1.29 is 22.8 Å². The van der Waals surface area contributed by atoms with E-state index in [1.807, 2.05) is 0 Å². The number of rotatable bonds is 1. The first kappa shape index (κ1) is 11.4. The Labute approximate surface area is 93.8 Å². The molecule has 0 atom stereocenters. The fourth-order valence-corrected chi connectivity index (χ4v) is 1.63. The molecule has 0 bridgehead atoms. The average Bonchev–Trinajstić information content (AvgIpc) is 2.42. The third-order valence-corrected chi connectivity index (χ3v) is 2.33. The summed E-state index contributed by atoms with van der Waals surface area (Å²) in [5.41, 5.74) is 5.50. The third-order valence-electron chi connectivity index (χ3n) is 2.33. The molecular weight excluding hydrogens is 237 g/mol. The molecule has 7 heteroatoms. The number of hydrogen-bond acceptors (Lipinski definition) is 3. The van der Waals surface area contributed by atoms with Crippen molar-refractivity contribution in [3.8, 4) is 0 Å². The van der Waals surface area contributed by atoms with Crippen LogP contribution in [-0.4, -0.2) is 29.4 Å². The fraction of sp³-hybridized carbons (Fsp3) is 0.200. The van der Waals surface area contributed by atoms with Crippen molar-refractivity contribution in [2.75, 3.05) is 12.3 Å². The van der Waals surface area contributed by atoms with E-state index in [0.717, 1.165) is 0 Å². The minimum Gasteiger partial charge on any atom is -0.399 e. The summed E-state index contributed by atoms with van der Waals surface area (Å²) in [5.74, 6) is -1.91. The minimum atomic E-state index is -4.61. The molecule has 2 rings (SSSR count). The van der Waals surface area contributed by atoms with E-state index in [1.54, 1.807) is 0 Å². The Morgan fingerprint density at radius 1 is 1.12 bits per heavy atom. The lowest BCUT2D eigenvalue weighted by Gasteiger charge is -2.15. The summed E-state index contributed by atoms with van der Waals surface area (Å²) in [4.78, 5) is 23.3. The molecule has 1 aromatic rings. The Hall–Kier alpha value is -2.05. The van der Waals surface area contributed by atoms with Crippen LogP contribution >= 0.6 is 0 Å². The highest BCUT2D eigenvalue weighted by Gasteiger charge is 2.42. The summed E-state index contributed by atoms with van der Waals surface area (Å²) in [5, 5.41) is 0. The quantitative estimate of drug-likeness (QED) is 0.600. The second-order valence-corrected chi connectivity index (χ2v) is 3.62. The maximum atomic E-state index is 12.2. The summed E-state index contributed by atoms with van der Waals surface area (Å²) < 4.78 is 36.6. The monoisotopic (exact) mass is 244 g/mol. The zero-order valence-corrected chi connectivity index (χ0v) is 8.41. The number of hydrogen-bond donors (Lipinski definition) is 1. The van der Waals surface area contributed by atoms with Gasteiger partial charge in [-0.3, -0.25) is 14.5 Å². The summed E-state index contributed by atoms with van der Waals surface area (Å²) in [6.07, 6.45) is -4.61. The molecule has 90 valence electrons. The number of carbonyl (C=O) groups excluding carboxylic acids is 2. The zero-order valence-electron chi connectivity index (χ0n) is 8.41. The highest BCUT2D eigenvalue weighted by atomic mass is 19.4. The molecule has 2 amide bonds. The predicted molar refractivity (Wildman–Crippen MR) is 52.3 cm³/mol. The molecule has 2 N–H and O–H groups in total. The molecule has 0 saturated carbocycles. The Kier molecular flexibility index (Phi) is 2.34. The van der Waals surface area contributed by atoms with Gasteiger partial charge in [0.25, 0.3) is 11.8 Å². The van der Waals surface area contributed by atoms with Crippen LogP contribution in [0.3, 0.4) is 0 Å². The fourth-order valence-electron chi connectivity index (χ4n) is 1.63. The second-order valence-electron chi connectivity index (χ2n) is 3.62. The van der Waals surface area contributed by atoms with Gasteiger partial charge in [-0.25, -0.2) is 0 Å². The number of halogens is 3. The lowest BCUT2D eigenvalue weighted by atomic mass is 10.1. The number of amides is 2. The van der Waals surface area contributed by atoms with Crippen molar-refractivity contribution in [1.29, 1.82) is 0 Å². The second kappa shape index (κ2) is 3.47. The minimum absolute atomic E-state index is 0.0477. The molecule has 1 aromatic carbocycles. The van der Waals surface area contributed by atoms with E-state index in [2.05, 4.69) is 0 Å². The van der Waals surface area contributed by atoms with Crippen LogP contribution < -0.4 is 5.73 Å². The SMILES string of the molecule is Nc1ccc2c(c1)C(=O)N(CC(F)(F)F)C2=O. The highest BCUT2D eigenvalue weighted by Crippen LogP contribution is 2.27. The van der Waals surface area contributed by atoms with Crippen LogP contribution in [0.25, 0.3) is 0 Å². The third kappa shape index (κ3) is 1.95. The summed E-state index contributed by atoms with van der Waals surface area (Å²) in [6, 6.07) is 3.81. The van der Waals surface area contributed by atoms with E-state index in [1.165, 1.54) is 18.2 Å². The van der Waals surface area contributed by atoms with E-state index < -0.39 is 24.5 Å². The van der Waals surface area contributed by atoms with Crippen molar-refractivity contribution in [1.82, 2.24) is 4.90 Å². The van der Waals surface area contributed by atoms with Gasteiger partial charge in [0.1, 0.15) is 6.54 Å². The van der Waals surface area contributed by atoms with E-state index in [9.17, 15) is 22.8 Å². The van der Waals surface area contributed by atoms with Gasteiger partial charge in [-0.2, -0.15) is 13.2 Å². The molecule has 0 fully saturated rings.